The van der Waals surface area contributed by atoms with Gasteiger partial charge in [-0.1, -0.05) is 0 Å². The largest absolute Gasteiger partial charge is 0.500 e. The minimum absolute atomic E-state index is 0.100. The third kappa shape index (κ3) is 4.68. The molecule has 1 unspecified atom stereocenters. The lowest BCUT2D eigenvalue weighted by molar-refractivity contribution is -0.137. The topological polar surface area (TPSA) is 54.0 Å². The molecule has 0 bridgehead atoms. The van der Waals surface area contributed by atoms with Crippen LogP contribution in [-0.4, -0.2) is 41.2 Å². The van der Waals surface area contributed by atoms with Crippen LogP contribution in [0.2, 0.25) is 6.04 Å². The van der Waals surface area contributed by atoms with Crippen LogP contribution < -0.4 is 0 Å². The minimum atomic E-state index is -2.55. The highest BCUT2D eigenvalue weighted by atomic mass is 28.4. The first kappa shape index (κ1) is 15.6. The van der Waals surface area contributed by atoms with Crippen LogP contribution in [0.1, 0.15) is 33.6 Å². The normalized spacial score (nSPS) is 20.2. The summed E-state index contributed by atoms with van der Waals surface area (Å²) in [4.78, 5) is 11.1. The van der Waals surface area contributed by atoms with Gasteiger partial charge in [-0.15, -0.1) is 0 Å². The summed E-state index contributed by atoms with van der Waals surface area (Å²) in [6.07, 6.45) is 1.37. The molecule has 0 aromatic carbocycles. The standard InChI is InChI=1S/C12H24O5Si/c1-4-15-18(16-5-2,17-6-3)8-7-11-9-12(13)14-10-11/h11H,4-10H2,1-3H3. The molecule has 5 nitrogen and oxygen atoms in total. The Kier molecular flexibility index (Phi) is 6.84. The van der Waals surface area contributed by atoms with Crippen molar-refractivity contribution in [1.29, 1.82) is 0 Å². The Balaban J connectivity index is 2.50. The zero-order valence-corrected chi connectivity index (χ0v) is 12.6. The fourth-order valence-corrected chi connectivity index (χ4v) is 4.90. The van der Waals surface area contributed by atoms with Gasteiger partial charge in [0, 0.05) is 31.8 Å². The Labute approximate surface area is 110 Å². The molecule has 0 amide bonds. The summed E-state index contributed by atoms with van der Waals surface area (Å²) in [5.74, 6) is 0.183. The van der Waals surface area contributed by atoms with E-state index in [1.165, 1.54) is 0 Å². The van der Waals surface area contributed by atoms with Gasteiger partial charge in [-0.05, 0) is 27.2 Å². The monoisotopic (exact) mass is 276 g/mol. The second kappa shape index (κ2) is 7.88. The van der Waals surface area contributed by atoms with Crippen LogP contribution in [-0.2, 0) is 22.8 Å². The van der Waals surface area contributed by atoms with Gasteiger partial charge in [0.1, 0.15) is 0 Å². The zero-order valence-electron chi connectivity index (χ0n) is 11.6. The third-order valence-electron chi connectivity index (χ3n) is 2.89. The van der Waals surface area contributed by atoms with Gasteiger partial charge in [-0.25, -0.2) is 0 Å². The van der Waals surface area contributed by atoms with E-state index in [9.17, 15) is 4.79 Å². The lowest BCUT2D eigenvalue weighted by Gasteiger charge is -2.29. The van der Waals surface area contributed by atoms with E-state index in [0.717, 1.165) is 12.5 Å². The molecule has 106 valence electrons. The van der Waals surface area contributed by atoms with Gasteiger partial charge in [0.25, 0.3) is 0 Å². The molecule has 0 radical (unpaired) electrons. The SMILES string of the molecule is CCO[Si](CCC1COC(=O)C1)(OCC)OCC. The molecule has 1 fully saturated rings. The molecule has 0 aliphatic carbocycles. The van der Waals surface area contributed by atoms with Crippen molar-refractivity contribution in [2.24, 2.45) is 5.92 Å². The predicted molar refractivity (Wildman–Crippen MR) is 69.1 cm³/mol. The highest BCUT2D eigenvalue weighted by Gasteiger charge is 2.41. The molecule has 0 saturated carbocycles. The third-order valence-corrected chi connectivity index (χ3v) is 5.97. The summed E-state index contributed by atoms with van der Waals surface area (Å²) >= 11 is 0. The van der Waals surface area contributed by atoms with E-state index in [1.807, 2.05) is 20.8 Å². The van der Waals surface area contributed by atoms with Crippen molar-refractivity contribution >= 4 is 14.8 Å². The molecular formula is C12H24O5Si. The Morgan fingerprint density at radius 3 is 2.11 bits per heavy atom. The van der Waals surface area contributed by atoms with Crippen LogP contribution in [0.5, 0.6) is 0 Å². The quantitative estimate of drug-likeness (QED) is 0.476. The van der Waals surface area contributed by atoms with Crippen molar-refractivity contribution in [3.8, 4) is 0 Å². The highest BCUT2D eigenvalue weighted by Crippen LogP contribution is 2.26. The first-order valence-electron chi connectivity index (χ1n) is 6.73. The first-order valence-corrected chi connectivity index (χ1v) is 8.66. The molecule has 1 aliphatic heterocycles. The molecule has 18 heavy (non-hydrogen) atoms. The highest BCUT2D eigenvalue weighted by molar-refractivity contribution is 6.60. The first-order chi connectivity index (χ1) is 8.65. The van der Waals surface area contributed by atoms with Gasteiger partial charge in [0.05, 0.1) is 13.0 Å². The number of hydrogen-bond acceptors (Lipinski definition) is 5. The summed E-state index contributed by atoms with van der Waals surface area (Å²) < 4.78 is 22.3. The van der Waals surface area contributed by atoms with Crippen LogP contribution in [0.15, 0.2) is 0 Å². The van der Waals surface area contributed by atoms with Gasteiger partial charge in [-0.3, -0.25) is 4.79 Å². The maximum atomic E-state index is 11.1. The molecule has 0 aromatic heterocycles. The number of ether oxygens (including phenoxy) is 1. The van der Waals surface area contributed by atoms with Crippen LogP contribution in [0.3, 0.4) is 0 Å². The summed E-state index contributed by atoms with van der Waals surface area (Å²) in [6.45, 7) is 8.13. The number of hydrogen-bond donors (Lipinski definition) is 0. The smallest absolute Gasteiger partial charge is 0.465 e. The summed E-state index contributed by atoms with van der Waals surface area (Å²) in [6, 6.07) is 0.754. The molecule has 1 aliphatic rings. The second-order valence-corrected chi connectivity index (χ2v) is 7.01. The molecule has 1 rings (SSSR count). The molecule has 0 N–H and O–H groups in total. The van der Waals surface area contributed by atoms with Gasteiger partial charge in [-0.2, -0.15) is 0 Å². The predicted octanol–water partition coefficient (Wildman–Crippen LogP) is 1.99. The van der Waals surface area contributed by atoms with E-state index in [1.54, 1.807) is 0 Å². The van der Waals surface area contributed by atoms with Crippen molar-refractivity contribution in [3.05, 3.63) is 0 Å². The molecule has 1 saturated heterocycles. The fraction of sp³-hybridized carbons (Fsp3) is 0.917. The Morgan fingerprint density at radius 2 is 1.72 bits per heavy atom. The van der Waals surface area contributed by atoms with Crippen molar-refractivity contribution in [2.45, 2.75) is 39.7 Å². The minimum Gasteiger partial charge on any atom is -0.465 e. The summed E-state index contributed by atoms with van der Waals surface area (Å²) in [5, 5.41) is 0. The number of esters is 1. The van der Waals surface area contributed by atoms with E-state index in [2.05, 4.69) is 0 Å². The molecule has 6 heteroatoms. The number of cyclic esters (lactones) is 1. The Hall–Kier alpha value is -0.433. The van der Waals surface area contributed by atoms with Crippen molar-refractivity contribution in [3.63, 3.8) is 0 Å². The molecule has 1 heterocycles. The maximum absolute atomic E-state index is 11.1. The second-order valence-electron chi connectivity index (χ2n) is 4.27. The number of carbonyl (C=O) groups is 1. The van der Waals surface area contributed by atoms with Gasteiger partial charge < -0.3 is 18.0 Å². The van der Waals surface area contributed by atoms with Gasteiger partial charge in [0.2, 0.25) is 0 Å². The molecular weight excluding hydrogens is 252 g/mol. The molecule has 0 aromatic rings. The van der Waals surface area contributed by atoms with E-state index >= 15 is 0 Å². The number of carbonyl (C=O) groups excluding carboxylic acids is 1. The van der Waals surface area contributed by atoms with E-state index in [0.29, 0.717) is 32.8 Å². The van der Waals surface area contributed by atoms with Crippen molar-refractivity contribution in [2.75, 3.05) is 26.4 Å². The van der Waals surface area contributed by atoms with Crippen LogP contribution in [0, 0.1) is 5.92 Å². The Morgan fingerprint density at radius 1 is 1.17 bits per heavy atom. The zero-order chi connectivity index (χ0) is 13.4. The average Bonchev–Trinajstić information content (AvgIpc) is 2.74. The van der Waals surface area contributed by atoms with E-state index in [-0.39, 0.29) is 11.9 Å². The lowest BCUT2D eigenvalue weighted by Crippen LogP contribution is -2.46. The van der Waals surface area contributed by atoms with Gasteiger partial charge in [0.15, 0.2) is 0 Å². The summed E-state index contributed by atoms with van der Waals surface area (Å²) in [5.41, 5.74) is 0. The van der Waals surface area contributed by atoms with E-state index < -0.39 is 8.80 Å². The van der Waals surface area contributed by atoms with Gasteiger partial charge >= 0.3 is 14.8 Å². The van der Waals surface area contributed by atoms with Crippen LogP contribution in [0.4, 0.5) is 0 Å². The molecule has 0 spiro atoms. The average molecular weight is 276 g/mol. The summed E-state index contributed by atoms with van der Waals surface area (Å²) in [7, 11) is -2.55. The number of rotatable bonds is 9. The fourth-order valence-electron chi connectivity index (χ4n) is 2.13. The molecule has 1 atom stereocenters. The van der Waals surface area contributed by atoms with Crippen molar-refractivity contribution < 1.29 is 22.8 Å². The lowest BCUT2D eigenvalue weighted by atomic mass is 10.1. The maximum Gasteiger partial charge on any atom is 0.500 e. The van der Waals surface area contributed by atoms with E-state index in [4.69, 9.17) is 18.0 Å². The van der Waals surface area contributed by atoms with Crippen LogP contribution >= 0.6 is 0 Å². The van der Waals surface area contributed by atoms with Crippen molar-refractivity contribution in [1.82, 2.24) is 0 Å². The Bertz CT molecular complexity index is 242. The van der Waals surface area contributed by atoms with Crippen LogP contribution in [0.25, 0.3) is 0 Å².